The van der Waals surface area contributed by atoms with Gasteiger partial charge in [0.05, 0.1) is 23.9 Å². The lowest BCUT2D eigenvalue weighted by Gasteiger charge is -2.15. The van der Waals surface area contributed by atoms with E-state index < -0.39 is 18.0 Å². The number of anilines is 1. The summed E-state index contributed by atoms with van der Waals surface area (Å²) in [6.07, 6.45) is 0.370. The van der Waals surface area contributed by atoms with Crippen LogP contribution in [0.5, 0.6) is 0 Å². The van der Waals surface area contributed by atoms with Crippen molar-refractivity contribution in [3.05, 3.63) is 66.0 Å². The predicted molar refractivity (Wildman–Crippen MR) is 113 cm³/mol. The first-order valence-electron chi connectivity index (χ1n) is 9.87. The van der Waals surface area contributed by atoms with E-state index >= 15 is 0 Å². The maximum absolute atomic E-state index is 14.2. The fraction of sp³-hybridized carbons (Fsp3) is 0.227. The molecule has 1 saturated heterocycles. The zero-order valence-corrected chi connectivity index (χ0v) is 16.7. The molecule has 4 rings (SSSR count). The molecule has 1 aliphatic rings. The first-order chi connectivity index (χ1) is 14.9. The number of β-amino-alcohol motifs (C(OH)–C–C–N with tert-alkyl or cyclic N) is 1. The van der Waals surface area contributed by atoms with Crippen molar-refractivity contribution in [2.45, 2.75) is 18.9 Å². The number of amides is 3. The highest BCUT2D eigenvalue weighted by Gasteiger charge is 2.24. The molecule has 9 heteroatoms. The van der Waals surface area contributed by atoms with Gasteiger partial charge in [-0.05, 0) is 36.2 Å². The summed E-state index contributed by atoms with van der Waals surface area (Å²) in [5.74, 6) is -0.180. The molecule has 1 aromatic heterocycles. The summed E-state index contributed by atoms with van der Waals surface area (Å²) in [4.78, 5) is 25.5. The largest absolute Gasteiger partial charge is 0.391 e. The van der Waals surface area contributed by atoms with Crippen molar-refractivity contribution >= 4 is 17.8 Å². The molecule has 1 fully saturated rings. The van der Waals surface area contributed by atoms with Gasteiger partial charge in [-0.25, -0.2) is 13.9 Å². The van der Waals surface area contributed by atoms with Crippen molar-refractivity contribution in [2.75, 3.05) is 18.4 Å². The lowest BCUT2D eigenvalue weighted by molar-refractivity contribution is -0.129. The summed E-state index contributed by atoms with van der Waals surface area (Å²) < 4.78 is 15.6. The molecule has 2 heterocycles. The number of halogens is 1. The van der Waals surface area contributed by atoms with Crippen LogP contribution in [-0.2, 0) is 11.2 Å². The maximum Gasteiger partial charge on any atom is 0.317 e. The highest BCUT2D eigenvalue weighted by Crippen LogP contribution is 2.27. The second kappa shape index (κ2) is 8.57. The van der Waals surface area contributed by atoms with Gasteiger partial charge in [-0.15, -0.1) is 0 Å². The molecule has 1 atom stereocenters. The van der Waals surface area contributed by atoms with E-state index in [1.54, 1.807) is 53.4 Å². The third kappa shape index (κ3) is 4.56. The van der Waals surface area contributed by atoms with E-state index in [-0.39, 0.29) is 12.3 Å². The summed E-state index contributed by atoms with van der Waals surface area (Å²) in [6.45, 7) is 0.928. The number of aliphatic hydroxyl groups is 1. The third-order valence-electron chi connectivity index (χ3n) is 5.16. The van der Waals surface area contributed by atoms with Crippen LogP contribution in [0, 0.1) is 5.82 Å². The minimum absolute atomic E-state index is 0.0405. The van der Waals surface area contributed by atoms with Gasteiger partial charge in [-0.3, -0.25) is 10.1 Å². The van der Waals surface area contributed by atoms with Crippen molar-refractivity contribution in [1.29, 1.82) is 0 Å². The van der Waals surface area contributed by atoms with Crippen LogP contribution in [0.15, 0.2) is 54.6 Å². The molecule has 3 aromatic rings. The minimum atomic E-state index is -0.767. The first-order valence-corrected chi connectivity index (χ1v) is 9.87. The fourth-order valence-corrected chi connectivity index (χ4v) is 3.60. The Hall–Kier alpha value is -3.72. The number of primary amides is 1. The molecule has 0 radical (unpaired) electrons. The van der Waals surface area contributed by atoms with E-state index in [2.05, 4.69) is 10.4 Å². The number of nitrogens with zero attached hydrogens (tertiary/aromatic N) is 3. The summed E-state index contributed by atoms with van der Waals surface area (Å²) >= 11 is 0. The van der Waals surface area contributed by atoms with E-state index in [1.165, 1.54) is 10.7 Å². The molecule has 0 bridgehead atoms. The number of hydrogen-bond acceptors (Lipinski definition) is 4. The van der Waals surface area contributed by atoms with Crippen LogP contribution < -0.4 is 11.1 Å². The maximum atomic E-state index is 14.2. The Morgan fingerprint density at radius 2 is 1.94 bits per heavy atom. The van der Waals surface area contributed by atoms with Crippen LogP contribution in [0.3, 0.4) is 0 Å². The number of carbonyl (C=O) groups is 2. The molecule has 0 aliphatic carbocycles. The van der Waals surface area contributed by atoms with E-state index in [1.807, 2.05) is 0 Å². The van der Waals surface area contributed by atoms with Gasteiger partial charge in [0.25, 0.3) is 0 Å². The van der Waals surface area contributed by atoms with Crippen LogP contribution in [-0.4, -0.2) is 50.9 Å². The number of aliphatic hydroxyl groups excluding tert-OH is 1. The van der Waals surface area contributed by atoms with E-state index in [0.29, 0.717) is 42.3 Å². The summed E-state index contributed by atoms with van der Waals surface area (Å²) in [6, 6.07) is 14.1. The summed E-state index contributed by atoms with van der Waals surface area (Å²) in [5.41, 5.74) is 7.33. The van der Waals surface area contributed by atoms with Crippen molar-refractivity contribution in [2.24, 2.45) is 5.73 Å². The Labute approximate surface area is 178 Å². The average molecular weight is 423 g/mol. The normalized spacial score (nSPS) is 15.8. The Kier molecular flexibility index (Phi) is 5.68. The lowest BCUT2D eigenvalue weighted by atomic mass is 10.1. The van der Waals surface area contributed by atoms with E-state index in [0.717, 1.165) is 5.56 Å². The van der Waals surface area contributed by atoms with Crippen molar-refractivity contribution in [3.8, 4) is 16.9 Å². The van der Waals surface area contributed by atoms with Crippen LogP contribution in [0.25, 0.3) is 16.9 Å². The average Bonchev–Trinajstić information content (AvgIpc) is 3.35. The van der Waals surface area contributed by atoms with E-state index in [9.17, 15) is 19.1 Å². The second-order valence-electron chi connectivity index (χ2n) is 7.42. The highest BCUT2D eigenvalue weighted by atomic mass is 19.1. The molecule has 31 heavy (non-hydrogen) atoms. The number of nitrogens with one attached hydrogen (secondary N) is 1. The number of aromatic nitrogens is 2. The Morgan fingerprint density at radius 3 is 2.58 bits per heavy atom. The van der Waals surface area contributed by atoms with Crippen LogP contribution in [0.4, 0.5) is 15.0 Å². The summed E-state index contributed by atoms with van der Waals surface area (Å²) in [5, 5.41) is 16.5. The van der Waals surface area contributed by atoms with Gasteiger partial charge >= 0.3 is 6.03 Å². The molecular formula is C22H22FN5O3. The number of benzene rings is 2. The SMILES string of the molecule is NC(=O)Nc1cc(-c2ccccc2F)nn1-c1ccc(CC(=O)N2CC[C@H](O)C2)cc1. The van der Waals surface area contributed by atoms with Gasteiger partial charge in [0.2, 0.25) is 5.91 Å². The smallest absolute Gasteiger partial charge is 0.317 e. The number of urea groups is 1. The lowest BCUT2D eigenvalue weighted by Crippen LogP contribution is -2.30. The molecular weight excluding hydrogens is 401 g/mol. The van der Waals surface area contributed by atoms with Crippen molar-refractivity contribution in [1.82, 2.24) is 14.7 Å². The van der Waals surface area contributed by atoms with Crippen molar-refractivity contribution in [3.63, 3.8) is 0 Å². The number of hydrogen-bond donors (Lipinski definition) is 3. The second-order valence-corrected chi connectivity index (χ2v) is 7.42. The van der Waals surface area contributed by atoms with Crippen LogP contribution in [0.2, 0.25) is 0 Å². The quantitative estimate of drug-likeness (QED) is 0.584. The molecule has 0 spiro atoms. The van der Waals surface area contributed by atoms with Gasteiger partial charge in [-0.2, -0.15) is 5.10 Å². The molecule has 2 aromatic carbocycles. The molecule has 1 aliphatic heterocycles. The Bertz CT molecular complexity index is 1110. The Balaban J connectivity index is 1.59. The minimum Gasteiger partial charge on any atom is -0.391 e. The molecule has 0 saturated carbocycles. The van der Waals surface area contributed by atoms with Gasteiger partial charge in [0.15, 0.2) is 0 Å². The number of carbonyl (C=O) groups excluding carboxylic acids is 2. The van der Waals surface area contributed by atoms with Crippen molar-refractivity contribution < 1.29 is 19.1 Å². The monoisotopic (exact) mass is 423 g/mol. The number of rotatable bonds is 5. The zero-order chi connectivity index (χ0) is 22.0. The van der Waals surface area contributed by atoms with E-state index in [4.69, 9.17) is 5.73 Å². The van der Waals surface area contributed by atoms with Gasteiger partial charge in [-0.1, -0.05) is 24.3 Å². The zero-order valence-electron chi connectivity index (χ0n) is 16.7. The summed E-state index contributed by atoms with van der Waals surface area (Å²) in [7, 11) is 0. The topological polar surface area (TPSA) is 113 Å². The standard InChI is InChI=1S/C22H22FN5O3/c23-18-4-2-1-3-17(18)19-12-20(25-22(24)31)28(26-19)15-7-5-14(6-8-15)11-21(30)27-10-9-16(29)13-27/h1-8,12,16,29H,9-11,13H2,(H3,24,25,31)/t16-/m0/s1. The molecule has 4 N–H and O–H groups in total. The number of nitrogens with two attached hydrogens (primary N) is 1. The van der Waals surface area contributed by atoms with Gasteiger partial charge in [0, 0.05) is 24.7 Å². The third-order valence-corrected chi connectivity index (χ3v) is 5.16. The van der Waals surface area contributed by atoms with Crippen LogP contribution >= 0.6 is 0 Å². The Morgan fingerprint density at radius 1 is 1.19 bits per heavy atom. The molecule has 8 nitrogen and oxygen atoms in total. The fourth-order valence-electron chi connectivity index (χ4n) is 3.60. The van der Waals surface area contributed by atoms with Crippen LogP contribution in [0.1, 0.15) is 12.0 Å². The molecule has 3 amide bonds. The highest BCUT2D eigenvalue weighted by molar-refractivity contribution is 5.88. The molecule has 160 valence electrons. The first kappa shape index (κ1) is 20.5. The van der Waals surface area contributed by atoms with Gasteiger partial charge < -0.3 is 15.7 Å². The predicted octanol–water partition coefficient (Wildman–Crippen LogP) is 2.30. The number of likely N-dealkylation sites (tertiary alicyclic amines) is 1. The van der Waals surface area contributed by atoms with Gasteiger partial charge in [0.1, 0.15) is 11.6 Å². The molecule has 0 unspecified atom stereocenters.